The van der Waals surface area contributed by atoms with Gasteiger partial charge in [-0.25, -0.2) is 0 Å². The number of fused-ring (bicyclic) bond motifs is 6. The Labute approximate surface area is 547 Å². The highest BCUT2D eigenvalue weighted by atomic mass is 16.3. The molecule has 2 aromatic heterocycles. The van der Waals surface area contributed by atoms with Crippen molar-refractivity contribution in [3.05, 3.63) is 376 Å². The molecule has 0 amide bonds. The summed E-state index contributed by atoms with van der Waals surface area (Å²) in [6.45, 7) is 0. The van der Waals surface area contributed by atoms with E-state index in [9.17, 15) is 0 Å². The fourth-order valence-electron chi connectivity index (χ4n) is 13.0. The molecule has 15 aromatic carbocycles. The van der Waals surface area contributed by atoms with Gasteiger partial charge < -0.3 is 18.6 Å². The van der Waals surface area contributed by atoms with E-state index < -0.39 is 0 Å². The van der Waals surface area contributed by atoms with Gasteiger partial charge in [0.1, 0.15) is 22.3 Å². The second-order valence-electron chi connectivity index (χ2n) is 23.6. The van der Waals surface area contributed by atoms with Crippen LogP contribution in [0, 0.1) is 0 Å². The molecular formula is C90H62N2O2. The molecule has 17 aromatic rings. The fraction of sp³-hybridized carbons (Fsp3) is 0. The third-order valence-electron chi connectivity index (χ3n) is 17.8. The van der Waals surface area contributed by atoms with Crippen LogP contribution in [0.15, 0.2) is 385 Å². The zero-order valence-electron chi connectivity index (χ0n) is 51.5. The maximum absolute atomic E-state index is 6.52. The summed E-state index contributed by atoms with van der Waals surface area (Å²) in [5.74, 6) is 0. The molecule has 0 N–H and O–H groups in total. The number of furan rings is 2. The SMILES string of the molecule is c1ccc(-c2ccc(-c3cc(-c4ccc(N(c5ccccc5)c5ccc(-c6ccccc6)cc5)cc4)cc4c3oc3ccccc34)cc2)cc1.c1ccc(-c2ccc(-c3cc(-c4ccc(N(c5ccccc5)c5ccccc5)cc4)cc4c3oc3ccccc34)cc2)cc1. The molecule has 0 unspecified atom stereocenters. The van der Waals surface area contributed by atoms with Crippen molar-refractivity contribution in [2.75, 3.05) is 9.80 Å². The Morgan fingerprint density at radius 1 is 0.160 bits per heavy atom. The first kappa shape index (κ1) is 56.7. The lowest BCUT2D eigenvalue weighted by Gasteiger charge is -2.26. The number of hydrogen-bond donors (Lipinski definition) is 0. The van der Waals surface area contributed by atoms with Crippen LogP contribution < -0.4 is 9.80 Å². The zero-order valence-corrected chi connectivity index (χ0v) is 51.5. The molecule has 0 radical (unpaired) electrons. The van der Waals surface area contributed by atoms with E-state index in [1.54, 1.807) is 0 Å². The van der Waals surface area contributed by atoms with Crippen molar-refractivity contribution in [3.63, 3.8) is 0 Å². The normalized spacial score (nSPS) is 11.2. The van der Waals surface area contributed by atoms with E-state index in [1.165, 1.54) is 33.4 Å². The minimum absolute atomic E-state index is 0.897. The molecular weight excluding hydrogens is 1140 g/mol. The van der Waals surface area contributed by atoms with Crippen LogP contribution in [-0.2, 0) is 0 Å². The molecule has 0 spiro atoms. The fourth-order valence-corrected chi connectivity index (χ4v) is 13.0. The average molecular weight is 1200 g/mol. The Kier molecular flexibility index (Phi) is 15.3. The van der Waals surface area contributed by atoms with Crippen molar-refractivity contribution in [3.8, 4) is 77.9 Å². The standard InChI is InChI=1S/C48H33NO.C42H29NO/c1-4-12-34(13-5-1)36-20-22-39(23-21-36)45-32-40(33-46-44-18-10-11-19-47(44)50-48(45)46)38-26-30-43(31-27-38)49(41-16-8-3-9-17-41)42-28-24-37(25-29-42)35-14-6-2-7-15-35;1-4-12-30(13-5-1)31-20-22-33(23-21-31)39-28-34(29-40-38-18-10-11-19-41(38)44-42(39)40)32-24-26-37(27-25-32)43(35-14-6-2-7-15-35)36-16-8-3-9-17-36/h1-33H;1-29H. The van der Waals surface area contributed by atoms with Gasteiger partial charge in [0.2, 0.25) is 0 Å². The average Bonchev–Trinajstić information content (AvgIpc) is 1.70. The molecule has 0 fully saturated rings. The quantitative estimate of drug-likeness (QED) is 0.115. The van der Waals surface area contributed by atoms with E-state index in [2.05, 4.69) is 368 Å². The summed E-state index contributed by atoms with van der Waals surface area (Å²) in [5, 5.41) is 4.49. The maximum Gasteiger partial charge on any atom is 0.143 e. The summed E-state index contributed by atoms with van der Waals surface area (Å²) in [6, 6.07) is 133. The Morgan fingerprint density at radius 3 is 0.691 bits per heavy atom. The van der Waals surface area contributed by atoms with Crippen LogP contribution in [0.3, 0.4) is 0 Å². The first-order valence-electron chi connectivity index (χ1n) is 31.9. The molecule has 0 bridgehead atoms. The Morgan fingerprint density at radius 2 is 0.383 bits per heavy atom. The van der Waals surface area contributed by atoms with Crippen molar-refractivity contribution < 1.29 is 8.83 Å². The van der Waals surface area contributed by atoms with Gasteiger partial charge in [0.15, 0.2) is 0 Å². The van der Waals surface area contributed by atoms with Crippen LogP contribution in [0.1, 0.15) is 0 Å². The summed E-state index contributed by atoms with van der Waals surface area (Å²) in [6.07, 6.45) is 0. The van der Waals surface area contributed by atoms with Crippen molar-refractivity contribution in [1.29, 1.82) is 0 Å². The van der Waals surface area contributed by atoms with Crippen LogP contribution in [0.4, 0.5) is 34.1 Å². The van der Waals surface area contributed by atoms with Crippen LogP contribution in [0.5, 0.6) is 0 Å². The monoisotopic (exact) mass is 1200 g/mol. The van der Waals surface area contributed by atoms with E-state index in [0.29, 0.717) is 0 Å². The third-order valence-corrected chi connectivity index (χ3v) is 17.8. The lowest BCUT2D eigenvalue weighted by molar-refractivity contribution is 0.669. The highest BCUT2D eigenvalue weighted by Crippen LogP contribution is 2.44. The van der Waals surface area contributed by atoms with E-state index in [-0.39, 0.29) is 0 Å². The first-order chi connectivity index (χ1) is 46.6. The van der Waals surface area contributed by atoms with E-state index in [1.807, 2.05) is 18.2 Å². The van der Waals surface area contributed by atoms with Gasteiger partial charge in [-0.05, 0) is 176 Å². The summed E-state index contributed by atoms with van der Waals surface area (Å²) in [5.41, 5.74) is 26.6. The summed E-state index contributed by atoms with van der Waals surface area (Å²) in [4.78, 5) is 4.60. The lowest BCUT2D eigenvalue weighted by atomic mass is 9.94. The maximum atomic E-state index is 6.52. The number of benzene rings is 15. The van der Waals surface area contributed by atoms with Crippen molar-refractivity contribution >= 4 is 78.0 Å². The van der Waals surface area contributed by atoms with Crippen LogP contribution in [0.25, 0.3) is 122 Å². The molecule has 4 heteroatoms. The Hall–Kier alpha value is -12.5. The molecule has 0 saturated heterocycles. The number of anilines is 6. The molecule has 2 heterocycles. The molecule has 0 aliphatic heterocycles. The highest BCUT2D eigenvalue weighted by molar-refractivity contribution is 6.13. The second-order valence-corrected chi connectivity index (χ2v) is 23.6. The number of rotatable bonds is 13. The molecule has 0 atom stereocenters. The van der Waals surface area contributed by atoms with E-state index in [4.69, 9.17) is 8.83 Å². The highest BCUT2D eigenvalue weighted by Gasteiger charge is 2.20. The molecule has 94 heavy (non-hydrogen) atoms. The first-order valence-corrected chi connectivity index (χ1v) is 31.9. The number of nitrogens with zero attached hydrogens (tertiary/aromatic N) is 2. The smallest absolute Gasteiger partial charge is 0.143 e. The molecule has 4 nitrogen and oxygen atoms in total. The van der Waals surface area contributed by atoms with Gasteiger partial charge in [0.25, 0.3) is 0 Å². The van der Waals surface area contributed by atoms with Crippen LogP contribution in [-0.4, -0.2) is 0 Å². The Balaban J connectivity index is 0.000000150. The molecule has 0 saturated carbocycles. The van der Waals surface area contributed by atoms with Gasteiger partial charge in [-0.3, -0.25) is 0 Å². The minimum Gasteiger partial charge on any atom is -0.455 e. The van der Waals surface area contributed by atoms with Crippen LogP contribution in [0.2, 0.25) is 0 Å². The van der Waals surface area contributed by atoms with Gasteiger partial charge in [-0.15, -0.1) is 0 Å². The molecule has 444 valence electrons. The predicted octanol–water partition coefficient (Wildman–Crippen LogP) is 25.8. The Bertz CT molecular complexity index is 5370. The summed E-state index contributed by atoms with van der Waals surface area (Å²) >= 11 is 0. The van der Waals surface area contributed by atoms with Gasteiger partial charge in [-0.2, -0.15) is 0 Å². The molecule has 0 aliphatic rings. The minimum atomic E-state index is 0.897. The molecule has 0 aliphatic carbocycles. The summed E-state index contributed by atoms with van der Waals surface area (Å²) < 4.78 is 13.0. The number of para-hydroxylation sites is 5. The zero-order chi connectivity index (χ0) is 62.6. The largest absolute Gasteiger partial charge is 0.455 e. The topological polar surface area (TPSA) is 32.8 Å². The second kappa shape index (κ2) is 25.4. The van der Waals surface area contributed by atoms with Gasteiger partial charge in [0.05, 0.1) is 0 Å². The van der Waals surface area contributed by atoms with Gasteiger partial charge >= 0.3 is 0 Å². The number of hydrogen-bond acceptors (Lipinski definition) is 4. The van der Waals surface area contributed by atoms with Crippen molar-refractivity contribution in [2.45, 2.75) is 0 Å². The van der Waals surface area contributed by atoms with E-state index in [0.717, 1.165) is 123 Å². The summed E-state index contributed by atoms with van der Waals surface area (Å²) in [7, 11) is 0. The van der Waals surface area contributed by atoms with E-state index >= 15 is 0 Å². The van der Waals surface area contributed by atoms with Gasteiger partial charge in [-0.1, -0.05) is 267 Å². The van der Waals surface area contributed by atoms with Crippen molar-refractivity contribution in [1.82, 2.24) is 0 Å². The van der Waals surface area contributed by atoms with Gasteiger partial charge in [0, 0.05) is 66.8 Å². The third kappa shape index (κ3) is 11.4. The van der Waals surface area contributed by atoms with Crippen LogP contribution >= 0.6 is 0 Å². The molecule has 17 rings (SSSR count). The lowest BCUT2D eigenvalue weighted by Crippen LogP contribution is -2.09. The predicted molar refractivity (Wildman–Crippen MR) is 395 cm³/mol. The van der Waals surface area contributed by atoms with Crippen molar-refractivity contribution in [2.24, 2.45) is 0 Å².